The van der Waals surface area contributed by atoms with Gasteiger partial charge in [-0.25, -0.2) is 0 Å². The van der Waals surface area contributed by atoms with E-state index in [1.165, 1.54) is 42.5 Å². The smallest absolute Gasteiger partial charge is 0.115 e. The number of phenolic OH excluding ortho intramolecular Hbond substituents is 1. The molecule has 158 valence electrons. The van der Waals surface area contributed by atoms with Crippen LogP contribution in [0.4, 0.5) is 0 Å². The molecular weight excluding hydrogens is 372 g/mol. The Balaban J connectivity index is 1.39. The Labute approximate surface area is 178 Å². The van der Waals surface area contributed by atoms with Crippen LogP contribution in [-0.2, 0) is 13.5 Å². The summed E-state index contributed by atoms with van der Waals surface area (Å²) >= 11 is 0. The van der Waals surface area contributed by atoms with E-state index in [1.807, 2.05) is 37.0 Å². The van der Waals surface area contributed by atoms with Gasteiger partial charge in [-0.3, -0.25) is 4.68 Å². The van der Waals surface area contributed by atoms with Gasteiger partial charge in [-0.05, 0) is 93.4 Å². The van der Waals surface area contributed by atoms with Gasteiger partial charge in [0.25, 0.3) is 0 Å². The van der Waals surface area contributed by atoms with Crippen LogP contribution >= 0.6 is 0 Å². The number of aromatic hydroxyl groups is 1. The molecule has 0 bridgehead atoms. The molecule has 0 amide bonds. The zero-order chi connectivity index (χ0) is 21.0. The van der Waals surface area contributed by atoms with Gasteiger partial charge in [0.05, 0.1) is 11.9 Å². The monoisotopic (exact) mass is 404 g/mol. The second-order valence-corrected chi connectivity index (χ2v) is 9.79. The molecule has 0 spiro atoms. The van der Waals surface area contributed by atoms with Gasteiger partial charge in [0, 0.05) is 29.4 Å². The summed E-state index contributed by atoms with van der Waals surface area (Å²) in [6.07, 6.45) is 8.88. The highest BCUT2D eigenvalue weighted by atomic mass is 16.3. The largest absolute Gasteiger partial charge is 0.508 e. The number of hydrogen-bond acceptors (Lipinski definition) is 4. The lowest BCUT2D eigenvalue weighted by Crippen LogP contribution is -2.42. The van der Waals surface area contributed by atoms with E-state index in [0.29, 0.717) is 17.6 Å². The van der Waals surface area contributed by atoms with Crippen LogP contribution in [0.2, 0.25) is 0 Å². The number of rotatable bonds is 2. The van der Waals surface area contributed by atoms with Gasteiger partial charge >= 0.3 is 0 Å². The van der Waals surface area contributed by atoms with Gasteiger partial charge < -0.3 is 5.11 Å². The van der Waals surface area contributed by atoms with Crippen LogP contribution < -0.4 is 0 Å². The summed E-state index contributed by atoms with van der Waals surface area (Å²) in [5.74, 6) is 2.45. The maximum atomic E-state index is 9.88. The molecule has 2 aromatic rings. The molecule has 5 heteroatoms. The Kier molecular flexibility index (Phi) is 4.60. The fourth-order valence-corrected chi connectivity index (χ4v) is 6.65. The van der Waals surface area contributed by atoms with Gasteiger partial charge in [-0.1, -0.05) is 13.0 Å². The second kappa shape index (κ2) is 7.07. The maximum Gasteiger partial charge on any atom is 0.115 e. The number of nitrogens with zero attached hydrogens (tertiary/aromatic N) is 4. The van der Waals surface area contributed by atoms with E-state index in [0.717, 1.165) is 35.7 Å². The first-order valence-electron chi connectivity index (χ1n) is 11.3. The standard InChI is InChI=1S/C25H32N4O/c1-15-22(16(2)29(4)28-15)14-26-27-24-10-9-23-21-7-5-17-13-18(30)6-8-19(17)20(21)11-12-25(23,24)3/h6,8,13-14,20-21,23,30H,5,7,9-12H2,1-4H3/b26-14-,27-24-/t20-,21-,23-,25-/m1/s1. The molecule has 0 unspecified atom stereocenters. The van der Waals surface area contributed by atoms with Crippen molar-refractivity contribution in [3.05, 3.63) is 46.3 Å². The van der Waals surface area contributed by atoms with Crippen molar-refractivity contribution >= 4 is 11.9 Å². The number of fused-ring (bicyclic) bond motifs is 5. The summed E-state index contributed by atoms with van der Waals surface area (Å²) in [6.45, 7) is 6.53. The van der Waals surface area contributed by atoms with Crippen molar-refractivity contribution in [2.24, 2.45) is 34.5 Å². The number of aromatic nitrogens is 2. The van der Waals surface area contributed by atoms with Crippen molar-refractivity contribution in [3.63, 3.8) is 0 Å². The highest BCUT2D eigenvalue weighted by molar-refractivity contribution is 5.93. The predicted molar refractivity (Wildman–Crippen MR) is 120 cm³/mol. The third-order valence-corrected chi connectivity index (χ3v) is 8.38. The molecule has 5 nitrogen and oxygen atoms in total. The fourth-order valence-electron chi connectivity index (χ4n) is 6.65. The molecule has 0 aliphatic heterocycles. The molecule has 1 aromatic heterocycles. The average molecular weight is 405 g/mol. The molecule has 0 saturated heterocycles. The van der Waals surface area contributed by atoms with Crippen molar-refractivity contribution in [2.75, 3.05) is 0 Å². The number of aryl methyl sites for hydroxylation is 3. The van der Waals surface area contributed by atoms with Crippen LogP contribution in [0.5, 0.6) is 5.75 Å². The number of phenols is 1. The molecule has 2 saturated carbocycles. The first-order valence-corrected chi connectivity index (χ1v) is 11.3. The van der Waals surface area contributed by atoms with Crippen molar-refractivity contribution in [1.29, 1.82) is 0 Å². The summed E-state index contributed by atoms with van der Waals surface area (Å²) in [5.41, 5.74) is 7.51. The summed E-state index contributed by atoms with van der Waals surface area (Å²) in [5, 5.41) is 23.6. The van der Waals surface area contributed by atoms with Gasteiger partial charge in [-0.2, -0.15) is 15.3 Å². The van der Waals surface area contributed by atoms with E-state index in [2.05, 4.69) is 30.1 Å². The van der Waals surface area contributed by atoms with Crippen molar-refractivity contribution < 1.29 is 5.11 Å². The van der Waals surface area contributed by atoms with Crippen molar-refractivity contribution in [3.8, 4) is 5.75 Å². The van der Waals surface area contributed by atoms with Crippen LogP contribution in [0.25, 0.3) is 0 Å². The normalized spacial score (nSPS) is 31.7. The Bertz CT molecular complexity index is 1050. The third kappa shape index (κ3) is 2.93. The Morgan fingerprint density at radius 1 is 1.20 bits per heavy atom. The molecule has 3 aliphatic carbocycles. The van der Waals surface area contributed by atoms with E-state index in [9.17, 15) is 5.11 Å². The fraction of sp³-hybridized carbons (Fsp3) is 0.560. The maximum absolute atomic E-state index is 9.88. The van der Waals surface area contributed by atoms with Crippen LogP contribution in [-0.4, -0.2) is 26.8 Å². The Hall–Kier alpha value is -2.43. The SMILES string of the molecule is Cc1nn(C)c(C)c1/C=N\N=C1\CC[C@@H]2[C@@H]3CCc4cc(O)ccc4[C@H]3CC[C@@]12C. The highest BCUT2D eigenvalue weighted by Crippen LogP contribution is 2.60. The third-order valence-electron chi connectivity index (χ3n) is 8.38. The van der Waals surface area contributed by atoms with E-state index in [-0.39, 0.29) is 5.41 Å². The van der Waals surface area contributed by atoms with Crippen molar-refractivity contribution in [2.45, 2.75) is 65.2 Å². The predicted octanol–water partition coefficient (Wildman–Crippen LogP) is 5.07. The lowest BCUT2D eigenvalue weighted by atomic mass is 9.55. The topological polar surface area (TPSA) is 62.8 Å². The minimum Gasteiger partial charge on any atom is -0.508 e. The van der Waals surface area contributed by atoms with Crippen LogP contribution in [0.15, 0.2) is 28.4 Å². The lowest BCUT2D eigenvalue weighted by molar-refractivity contribution is 0.0955. The molecule has 30 heavy (non-hydrogen) atoms. The molecule has 1 aromatic carbocycles. The van der Waals surface area contributed by atoms with Gasteiger partial charge in [-0.15, -0.1) is 0 Å². The highest BCUT2D eigenvalue weighted by Gasteiger charge is 2.53. The van der Waals surface area contributed by atoms with E-state index >= 15 is 0 Å². The minimum absolute atomic E-state index is 0.173. The van der Waals surface area contributed by atoms with Crippen LogP contribution in [0.1, 0.15) is 73.0 Å². The molecule has 5 rings (SSSR count). The molecule has 1 N–H and O–H groups in total. The van der Waals surface area contributed by atoms with E-state index < -0.39 is 0 Å². The summed E-state index contributed by atoms with van der Waals surface area (Å²) in [7, 11) is 1.97. The first-order chi connectivity index (χ1) is 14.4. The minimum atomic E-state index is 0.173. The number of benzene rings is 1. The number of hydrogen-bond donors (Lipinski definition) is 1. The van der Waals surface area contributed by atoms with Gasteiger partial charge in [0.2, 0.25) is 0 Å². The average Bonchev–Trinajstić information content (AvgIpc) is 3.18. The quantitative estimate of drug-likeness (QED) is 0.561. The van der Waals surface area contributed by atoms with E-state index in [1.54, 1.807) is 0 Å². The first kappa shape index (κ1) is 19.5. The van der Waals surface area contributed by atoms with Gasteiger partial charge in [0.15, 0.2) is 0 Å². The van der Waals surface area contributed by atoms with Crippen LogP contribution in [0.3, 0.4) is 0 Å². The Morgan fingerprint density at radius 3 is 2.80 bits per heavy atom. The van der Waals surface area contributed by atoms with Crippen molar-refractivity contribution in [1.82, 2.24) is 9.78 Å². The molecule has 0 radical (unpaired) electrons. The summed E-state index contributed by atoms with van der Waals surface area (Å²) in [6, 6.07) is 6.03. The zero-order valence-corrected chi connectivity index (χ0v) is 18.5. The molecule has 1 heterocycles. The lowest BCUT2D eigenvalue weighted by Gasteiger charge is -2.49. The summed E-state index contributed by atoms with van der Waals surface area (Å²) < 4.78 is 1.90. The zero-order valence-electron chi connectivity index (χ0n) is 18.5. The molecule has 2 fully saturated rings. The molecule has 3 aliphatic rings. The summed E-state index contributed by atoms with van der Waals surface area (Å²) in [4.78, 5) is 0. The molecule has 4 atom stereocenters. The Morgan fingerprint density at radius 2 is 2.03 bits per heavy atom. The van der Waals surface area contributed by atoms with Crippen LogP contribution in [0, 0.1) is 31.1 Å². The van der Waals surface area contributed by atoms with Gasteiger partial charge in [0.1, 0.15) is 5.75 Å². The molecular formula is C25H32N4O. The van der Waals surface area contributed by atoms with E-state index in [4.69, 9.17) is 5.10 Å². The second-order valence-electron chi connectivity index (χ2n) is 9.79.